The second kappa shape index (κ2) is 8.07. The van der Waals surface area contributed by atoms with Crippen molar-refractivity contribution in [2.24, 2.45) is 7.05 Å². The van der Waals surface area contributed by atoms with Gasteiger partial charge in [-0.2, -0.15) is 5.10 Å². The second-order valence-electron chi connectivity index (χ2n) is 4.99. The fourth-order valence-corrected chi connectivity index (χ4v) is 2.16. The van der Waals surface area contributed by atoms with E-state index in [1.807, 2.05) is 31.3 Å². The van der Waals surface area contributed by atoms with Gasteiger partial charge < -0.3 is 20.1 Å². The van der Waals surface area contributed by atoms with E-state index in [0.29, 0.717) is 31.0 Å². The van der Waals surface area contributed by atoms with Crippen LogP contribution in [0.1, 0.15) is 11.3 Å². The molecule has 7 nitrogen and oxygen atoms in total. The first-order valence-electron chi connectivity index (χ1n) is 7.33. The number of methoxy groups -OCH3 is 2. The number of amides is 2. The van der Waals surface area contributed by atoms with Crippen LogP contribution in [0.4, 0.5) is 4.79 Å². The molecule has 0 unspecified atom stereocenters. The van der Waals surface area contributed by atoms with Gasteiger partial charge >= 0.3 is 6.03 Å². The number of nitrogens with one attached hydrogen (secondary N) is 2. The molecule has 0 saturated carbocycles. The Labute approximate surface area is 135 Å². The Morgan fingerprint density at radius 2 is 1.96 bits per heavy atom. The first kappa shape index (κ1) is 16.7. The molecule has 2 amide bonds. The van der Waals surface area contributed by atoms with Crippen molar-refractivity contribution < 1.29 is 14.3 Å². The van der Waals surface area contributed by atoms with Gasteiger partial charge in [-0.25, -0.2) is 4.79 Å². The van der Waals surface area contributed by atoms with Crippen LogP contribution < -0.4 is 20.1 Å². The number of carbonyl (C=O) groups excluding carboxylic acids is 1. The molecule has 1 heterocycles. The van der Waals surface area contributed by atoms with Gasteiger partial charge in [-0.15, -0.1) is 0 Å². The summed E-state index contributed by atoms with van der Waals surface area (Å²) >= 11 is 0. The fraction of sp³-hybridized carbons (Fsp3) is 0.375. The van der Waals surface area contributed by atoms with E-state index in [9.17, 15) is 4.79 Å². The van der Waals surface area contributed by atoms with Crippen molar-refractivity contribution in [1.29, 1.82) is 0 Å². The number of carbonyl (C=O) groups is 1. The summed E-state index contributed by atoms with van der Waals surface area (Å²) < 4.78 is 12.2. The van der Waals surface area contributed by atoms with Crippen LogP contribution in [0.3, 0.4) is 0 Å². The molecule has 2 N–H and O–H groups in total. The molecule has 0 bridgehead atoms. The molecule has 0 aliphatic carbocycles. The Balaban J connectivity index is 1.76. The Morgan fingerprint density at radius 1 is 1.17 bits per heavy atom. The Hall–Kier alpha value is -2.70. The predicted molar refractivity (Wildman–Crippen MR) is 86.7 cm³/mol. The second-order valence-corrected chi connectivity index (χ2v) is 4.99. The summed E-state index contributed by atoms with van der Waals surface area (Å²) in [6.07, 6.45) is 2.41. The largest absolute Gasteiger partial charge is 0.493 e. The summed E-state index contributed by atoms with van der Waals surface area (Å²) in [6, 6.07) is 7.39. The number of hydrogen-bond donors (Lipinski definition) is 2. The van der Waals surface area contributed by atoms with Crippen molar-refractivity contribution in [3.8, 4) is 11.5 Å². The highest BCUT2D eigenvalue weighted by Gasteiger charge is 2.06. The molecule has 0 saturated heterocycles. The number of benzene rings is 1. The minimum Gasteiger partial charge on any atom is -0.493 e. The number of urea groups is 1. The number of hydrogen-bond acceptors (Lipinski definition) is 4. The number of nitrogens with zero attached hydrogens (tertiary/aromatic N) is 2. The van der Waals surface area contributed by atoms with Crippen LogP contribution in [0.5, 0.6) is 11.5 Å². The number of ether oxygens (including phenoxy) is 2. The topological polar surface area (TPSA) is 77.4 Å². The van der Waals surface area contributed by atoms with Gasteiger partial charge in [-0.3, -0.25) is 4.68 Å². The number of aryl methyl sites for hydroxylation is 1. The van der Waals surface area contributed by atoms with Crippen molar-refractivity contribution in [1.82, 2.24) is 20.4 Å². The molecule has 0 aliphatic rings. The van der Waals surface area contributed by atoms with Crippen LogP contribution in [-0.4, -0.2) is 36.6 Å². The molecule has 2 aromatic rings. The third kappa shape index (κ3) is 4.64. The fourth-order valence-electron chi connectivity index (χ4n) is 2.16. The van der Waals surface area contributed by atoms with Gasteiger partial charge in [0.25, 0.3) is 0 Å². The summed E-state index contributed by atoms with van der Waals surface area (Å²) in [5, 5.41) is 9.67. The normalized spacial score (nSPS) is 10.2. The molecule has 7 heteroatoms. The highest BCUT2D eigenvalue weighted by molar-refractivity contribution is 5.73. The van der Waals surface area contributed by atoms with Gasteiger partial charge in [0.1, 0.15) is 0 Å². The number of rotatable bonds is 7. The monoisotopic (exact) mass is 318 g/mol. The quantitative estimate of drug-likeness (QED) is 0.810. The molecule has 1 aromatic heterocycles. The molecule has 23 heavy (non-hydrogen) atoms. The van der Waals surface area contributed by atoms with Gasteiger partial charge in [0, 0.05) is 19.8 Å². The maximum atomic E-state index is 11.8. The van der Waals surface area contributed by atoms with Gasteiger partial charge in [0.05, 0.1) is 26.5 Å². The number of aromatic nitrogens is 2. The zero-order valence-electron chi connectivity index (χ0n) is 13.6. The molecule has 0 spiro atoms. The van der Waals surface area contributed by atoms with Crippen molar-refractivity contribution in [3.63, 3.8) is 0 Å². The van der Waals surface area contributed by atoms with E-state index in [-0.39, 0.29) is 6.03 Å². The lowest BCUT2D eigenvalue weighted by Crippen LogP contribution is -2.36. The summed E-state index contributed by atoms with van der Waals surface area (Å²) in [5.74, 6) is 1.38. The van der Waals surface area contributed by atoms with Crippen molar-refractivity contribution in [2.45, 2.75) is 13.0 Å². The minimum absolute atomic E-state index is 0.202. The van der Waals surface area contributed by atoms with Crippen molar-refractivity contribution in [3.05, 3.63) is 41.7 Å². The van der Waals surface area contributed by atoms with Gasteiger partial charge in [-0.05, 0) is 30.2 Å². The minimum atomic E-state index is -0.202. The van der Waals surface area contributed by atoms with Crippen LogP contribution >= 0.6 is 0 Å². The average molecular weight is 318 g/mol. The summed E-state index contributed by atoms with van der Waals surface area (Å²) in [7, 11) is 5.05. The van der Waals surface area contributed by atoms with E-state index >= 15 is 0 Å². The zero-order valence-corrected chi connectivity index (χ0v) is 13.6. The van der Waals surface area contributed by atoms with Crippen LogP contribution in [0.25, 0.3) is 0 Å². The first-order chi connectivity index (χ1) is 11.1. The van der Waals surface area contributed by atoms with E-state index in [1.54, 1.807) is 25.1 Å². The lowest BCUT2D eigenvalue weighted by atomic mass is 10.1. The Morgan fingerprint density at radius 3 is 2.61 bits per heavy atom. The molecule has 2 rings (SSSR count). The first-order valence-corrected chi connectivity index (χ1v) is 7.33. The zero-order chi connectivity index (χ0) is 16.7. The van der Waals surface area contributed by atoms with Gasteiger partial charge in [0.15, 0.2) is 11.5 Å². The lowest BCUT2D eigenvalue weighted by molar-refractivity contribution is 0.240. The smallest absolute Gasteiger partial charge is 0.315 e. The molecule has 0 aliphatic heterocycles. The van der Waals surface area contributed by atoms with E-state index in [2.05, 4.69) is 15.7 Å². The van der Waals surface area contributed by atoms with E-state index in [4.69, 9.17) is 9.47 Å². The van der Waals surface area contributed by atoms with Gasteiger partial charge in [-0.1, -0.05) is 6.07 Å². The lowest BCUT2D eigenvalue weighted by Gasteiger charge is -2.10. The summed E-state index contributed by atoms with van der Waals surface area (Å²) in [5.41, 5.74) is 2.01. The van der Waals surface area contributed by atoms with Crippen LogP contribution in [0, 0.1) is 0 Å². The predicted octanol–water partition coefficient (Wildman–Crippen LogP) is 1.48. The van der Waals surface area contributed by atoms with E-state index in [0.717, 1.165) is 11.3 Å². The van der Waals surface area contributed by atoms with Crippen LogP contribution in [0.2, 0.25) is 0 Å². The molecule has 124 valence electrons. The maximum Gasteiger partial charge on any atom is 0.315 e. The Bertz CT molecular complexity index is 655. The summed E-state index contributed by atoms with van der Waals surface area (Å²) in [4.78, 5) is 11.8. The third-order valence-electron chi connectivity index (χ3n) is 3.50. The summed E-state index contributed by atoms with van der Waals surface area (Å²) in [6.45, 7) is 0.978. The van der Waals surface area contributed by atoms with Crippen LogP contribution in [-0.2, 0) is 20.0 Å². The maximum absolute atomic E-state index is 11.8. The van der Waals surface area contributed by atoms with Crippen molar-refractivity contribution in [2.75, 3.05) is 20.8 Å². The Kier molecular flexibility index (Phi) is 5.85. The van der Waals surface area contributed by atoms with Crippen molar-refractivity contribution >= 4 is 6.03 Å². The average Bonchev–Trinajstić information content (AvgIpc) is 2.97. The highest BCUT2D eigenvalue weighted by Crippen LogP contribution is 2.27. The SMILES string of the molecule is COc1ccc(CCNC(=O)NCc2ccnn2C)cc1OC. The molecular formula is C16H22N4O3. The van der Waals surface area contributed by atoms with E-state index < -0.39 is 0 Å². The molecule has 0 radical (unpaired) electrons. The van der Waals surface area contributed by atoms with E-state index in [1.165, 1.54) is 0 Å². The molecule has 0 atom stereocenters. The molecular weight excluding hydrogens is 296 g/mol. The highest BCUT2D eigenvalue weighted by atomic mass is 16.5. The van der Waals surface area contributed by atoms with Gasteiger partial charge in [0.2, 0.25) is 0 Å². The molecule has 1 aromatic carbocycles. The van der Waals surface area contributed by atoms with Crippen LogP contribution in [0.15, 0.2) is 30.5 Å². The molecule has 0 fully saturated rings. The standard InChI is InChI=1S/C16H22N4O3/c1-20-13(7-9-19-20)11-18-16(21)17-8-6-12-4-5-14(22-2)15(10-12)23-3/h4-5,7,9-10H,6,8,11H2,1-3H3,(H2,17,18,21). The third-order valence-corrected chi connectivity index (χ3v) is 3.50.